The molecule has 0 bridgehead atoms. The summed E-state index contributed by atoms with van der Waals surface area (Å²) in [6, 6.07) is 1.22. The van der Waals surface area contributed by atoms with Gasteiger partial charge in [-0.3, -0.25) is 0 Å². The first-order valence-electron chi connectivity index (χ1n) is 5.66. The van der Waals surface area contributed by atoms with E-state index in [9.17, 15) is 0 Å². The lowest BCUT2D eigenvalue weighted by Crippen LogP contribution is -2.51. The van der Waals surface area contributed by atoms with Crippen LogP contribution in [0.2, 0.25) is 0 Å². The summed E-state index contributed by atoms with van der Waals surface area (Å²) in [6.45, 7) is 5.26. The van der Waals surface area contributed by atoms with Crippen molar-refractivity contribution in [3.05, 3.63) is 18.4 Å². The van der Waals surface area contributed by atoms with Gasteiger partial charge in [-0.2, -0.15) is 0 Å². The minimum Gasteiger partial charge on any atom is -0.447 e. The van der Waals surface area contributed by atoms with Gasteiger partial charge in [-0.15, -0.1) is 0 Å². The zero-order valence-electron chi connectivity index (χ0n) is 9.44. The molecule has 0 spiro atoms. The van der Waals surface area contributed by atoms with Crippen LogP contribution in [0.4, 0.5) is 0 Å². The Morgan fingerprint density at radius 3 is 2.80 bits per heavy atom. The van der Waals surface area contributed by atoms with Gasteiger partial charge in [0, 0.05) is 12.1 Å². The van der Waals surface area contributed by atoms with E-state index in [1.165, 1.54) is 25.7 Å². The van der Waals surface area contributed by atoms with Crippen molar-refractivity contribution in [1.29, 1.82) is 0 Å². The first kappa shape index (κ1) is 10.6. The molecule has 4 nitrogen and oxygen atoms in total. The Kier molecular flexibility index (Phi) is 3.38. The minimum absolute atomic E-state index is 0.608. The molecule has 1 aliphatic heterocycles. The Hall–Kier alpha value is -0.870. The van der Waals surface area contributed by atoms with Crippen molar-refractivity contribution >= 4 is 0 Å². The lowest BCUT2D eigenvalue weighted by atomic mass is 10.00. The van der Waals surface area contributed by atoms with Crippen LogP contribution in [0.25, 0.3) is 0 Å². The normalized spacial score (nSPS) is 28.1. The van der Waals surface area contributed by atoms with Gasteiger partial charge in [0.15, 0.2) is 6.39 Å². The van der Waals surface area contributed by atoms with Crippen molar-refractivity contribution in [2.24, 2.45) is 0 Å². The summed E-state index contributed by atoms with van der Waals surface area (Å²) in [4.78, 5) is 3.90. The second-order valence-corrected chi connectivity index (χ2v) is 4.34. The third-order valence-electron chi connectivity index (χ3n) is 3.11. The van der Waals surface area contributed by atoms with Gasteiger partial charge in [0.1, 0.15) is 5.76 Å². The van der Waals surface area contributed by atoms with Gasteiger partial charge < -0.3 is 4.42 Å². The summed E-state index contributed by atoms with van der Waals surface area (Å²) in [6.07, 6.45) is 7.11. The summed E-state index contributed by atoms with van der Waals surface area (Å²) in [5.74, 6) is 0.889. The molecule has 0 amide bonds. The predicted octanol–water partition coefficient (Wildman–Crippen LogP) is 1.94. The van der Waals surface area contributed by atoms with E-state index in [0.29, 0.717) is 12.1 Å². The molecule has 2 unspecified atom stereocenters. The Balaban J connectivity index is 1.86. The molecule has 84 valence electrons. The van der Waals surface area contributed by atoms with E-state index in [2.05, 4.69) is 29.3 Å². The topological polar surface area (TPSA) is 41.3 Å². The molecule has 4 heteroatoms. The van der Waals surface area contributed by atoms with Crippen molar-refractivity contribution in [3.8, 4) is 0 Å². The maximum Gasteiger partial charge on any atom is 0.180 e. The number of piperidine rings is 1. The van der Waals surface area contributed by atoms with Crippen LogP contribution < -0.4 is 5.43 Å². The third-order valence-corrected chi connectivity index (χ3v) is 3.11. The molecule has 2 atom stereocenters. The highest BCUT2D eigenvalue weighted by Gasteiger charge is 2.24. The number of rotatable bonds is 3. The SMILES string of the molecule is CC1CCCC(C)N1NCc1cnco1. The van der Waals surface area contributed by atoms with Gasteiger partial charge in [0.05, 0.1) is 12.7 Å². The molecule has 0 aliphatic carbocycles. The molecule has 0 aromatic carbocycles. The second-order valence-electron chi connectivity index (χ2n) is 4.34. The van der Waals surface area contributed by atoms with Gasteiger partial charge in [-0.05, 0) is 26.7 Å². The average Bonchev–Trinajstić information content (AvgIpc) is 2.70. The molecular weight excluding hydrogens is 190 g/mol. The average molecular weight is 209 g/mol. The quantitative estimate of drug-likeness (QED) is 0.826. The molecule has 1 aromatic rings. The highest BCUT2D eigenvalue weighted by atomic mass is 16.3. The van der Waals surface area contributed by atoms with Crippen molar-refractivity contribution in [2.45, 2.75) is 51.7 Å². The second kappa shape index (κ2) is 4.77. The standard InChI is InChI=1S/C11H19N3O/c1-9-4-3-5-10(2)14(9)13-7-11-6-12-8-15-11/h6,8-10,13H,3-5,7H2,1-2H3. The largest absolute Gasteiger partial charge is 0.447 e. The van der Waals surface area contributed by atoms with Crippen LogP contribution in [0.5, 0.6) is 0 Å². The number of aromatic nitrogens is 1. The van der Waals surface area contributed by atoms with Crippen LogP contribution in [-0.2, 0) is 6.54 Å². The predicted molar refractivity (Wildman–Crippen MR) is 58.0 cm³/mol. The van der Waals surface area contributed by atoms with Gasteiger partial charge in [0.25, 0.3) is 0 Å². The zero-order valence-corrected chi connectivity index (χ0v) is 9.44. The number of hydrazine groups is 1. The molecule has 1 aromatic heterocycles. The Labute approximate surface area is 90.6 Å². The molecule has 1 fully saturated rings. The maximum absolute atomic E-state index is 5.19. The van der Waals surface area contributed by atoms with Crippen LogP contribution >= 0.6 is 0 Å². The number of nitrogens with zero attached hydrogens (tertiary/aromatic N) is 2. The summed E-state index contributed by atoms with van der Waals surface area (Å²) >= 11 is 0. The lowest BCUT2D eigenvalue weighted by molar-refractivity contribution is 0.0411. The molecule has 0 saturated carbocycles. The number of oxazole rings is 1. The summed E-state index contributed by atoms with van der Waals surface area (Å²) in [7, 11) is 0. The van der Waals surface area contributed by atoms with E-state index in [0.717, 1.165) is 12.3 Å². The van der Waals surface area contributed by atoms with E-state index in [1.54, 1.807) is 6.20 Å². The fourth-order valence-electron chi connectivity index (χ4n) is 2.23. The fourth-order valence-corrected chi connectivity index (χ4v) is 2.23. The molecule has 1 aliphatic rings. The summed E-state index contributed by atoms with van der Waals surface area (Å²) in [5, 5.41) is 2.34. The van der Waals surface area contributed by atoms with Crippen LogP contribution in [0.1, 0.15) is 38.9 Å². The molecule has 0 radical (unpaired) electrons. The molecule has 1 N–H and O–H groups in total. The van der Waals surface area contributed by atoms with Crippen LogP contribution in [0.15, 0.2) is 17.0 Å². The highest BCUT2D eigenvalue weighted by Crippen LogP contribution is 2.20. The summed E-state index contributed by atoms with van der Waals surface area (Å²) in [5.41, 5.74) is 3.42. The van der Waals surface area contributed by atoms with Gasteiger partial charge in [-0.1, -0.05) is 6.42 Å². The van der Waals surface area contributed by atoms with E-state index in [1.807, 2.05) is 0 Å². The van der Waals surface area contributed by atoms with Crippen LogP contribution in [0.3, 0.4) is 0 Å². The minimum atomic E-state index is 0.608. The first-order chi connectivity index (χ1) is 7.27. The van der Waals surface area contributed by atoms with Crippen molar-refractivity contribution in [1.82, 2.24) is 15.4 Å². The van der Waals surface area contributed by atoms with Crippen molar-refractivity contribution in [2.75, 3.05) is 0 Å². The zero-order chi connectivity index (χ0) is 10.7. The van der Waals surface area contributed by atoms with Gasteiger partial charge in [-0.25, -0.2) is 15.4 Å². The van der Waals surface area contributed by atoms with E-state index < -0.39 is 0 Å². The van der Waals surface area contributed by atoms with Crippen LogP contribution in [0, 0.1) is 0 Å². The number of hydrogen-bond acceptors (Lipinski definition) is 4. The van der Waals surface area contributed by atoms with E-state index in [-0.39, 0.29) is 0 Å². The monoisotopic (exact) mass is 209 g/mol. The Morgan fingerprint density at radius 1 is 1.47 bits per heavy atom. The first-order valence-corrected chi connectivity index (χ1v) is 5.66. The highest BCUT2D eigenvalue weighted by molar-refractivity contribution is 4.87. The van der Waals surface area contributed by atoms with E-state index in [4.69, 9.17) is 4.42 Å². The molecule has 2 heterocycles. The number of nitrogens with one attached hydrogen (secondary N) is 1. The van der Waals surface area contributed by atoms with Gasteiger partial charge in [0.2, 0.25) is 0 Å². The lowest BCUT2D eigenvalue weighted by Gasteiger charge is -2.38. The summed E-state index contributed by atoms with van der Waals surface area (Å²) < 4.78 is 5.19. The smallest absolute Gasteiger partial charge is 0.180 e. The maximum atomic E-state index is 5.19. The number of hydrogen-bond donors (Lipinski definition) is 1. The molecule has 2 rings (SSSR count). The Morgan fingerprint density at radius 2 is 2.20 bits per heavy atom. The van der Waals surface area contributed by atoms with E-state index >= 15 is 0 Å². The van der Waals surface area contributed by atoms with Crippen molar-refractivity contribution < 1.29 is 4.42 Å². The molecule has 15 heavy (non-hydrogen) atoms. The fraction of sp³-hybridized carbons (Fsp3) is 0.727. The van der Waals surface area contributed by atoms with Crippen molar-refractivity contribution in [3.63, 3.8) is 0 Å². The molecular formula is C11H19N3O. The van der Waals surface area contributed by atoms with Gasteiger partial charge >= 0.3 is 0 Å². The third kappa shape index (κ3) is 2.58. The Bertz CT molecular complexity index is 276. The van der Waals surface area contributed by atoms with Crippen LogP contribution in [-0.4, -0.2) is 22.1 Å². The molecule has 1 saturated heterocycles.